The van der Waals surface area contributed by atoms with Gasteiger partial charge in [0.05, 0.1) is 0 Å². The molecular formula is C16H16O5P+. The van der Waals surface area contributed by atoms with Crippen molar-refractivity contribution in [3.8, 4) is 11.5 Å². The highest BCUT2D eigenvalue weighted by atomic mass is 31.1. The lowest BCUT2D eigenvalue weighted by Gasteiger charge is -2.13. The molecule has 1 fully saturated rings. The maximum Gasteiger partial charge on any atom is 0.698 e. The molecule has 2 aromatic rings. The molecule has 0 radical (unpaired) electrons. The van der Waals surface area contributed by atoms with Crippen molar-refractivity contribution in [1.82, 2.24) is 0 Å². The van der Waals surface area contributed by atoms with Crippen molar-refractivity contribution >= 4 is 8.25 Å². The Kier molecular flexibility index (Phi) is 5.01. The Balaban J connectivity index is 1.54. The van der Waals surface area contributed by atoms with E-state index in [9.17, 15) is 4.57 Å². The monoisotopic (exact) mass is 319 g/mol. The number of hydrogen-bond acceptors (Lipinski definition) is 5. The summed E-state index contributed by atoms with van der Waals surface area (Å²) in [6.07, 6.45) is -0.847. The molecule has 1 aliphatic rings. The second kappa shape index (κ2) is 7.36. The summed E-state index contributed by atoms with van der Waals surface area (Å²) in [4.78, 5) is 0. The Labute approximate surface area is 129 Å². The largest absolute Gasteiger partial charge is 0.698 e. The van der Waals surface area contributed by atoms with Gasteiger partial charge in [0.1, 0.15) is 24.7 Å². The maximum atomic E-state index is 11.5. The van der Waals surface area contributed by atoms with Crippen LogP contribution >= 0.6 is 8.25 Å². The first-order chi connectivity index (χ1) is 10.8. The van der Waals surface area contributed by atoms with Gasteiger partial charge in [-0.15, -0.1) is 9.05 Å². The highest BCUT2D eigenvalue weighted by Gasteiger charge is 2.48. The van der Waals surface area contributed by atoms with Crippen molar-refractivity contribution in [1.29, 1.82) is 0 Å². The quantitative estimate of drug-likeness (QED) is 0.762. The minimum atomic E-state index is -2.11. The molecule has 3 rings (SSSR count). The van der Waals surface area contributed by atoms with Crippen LogP contribution in [0.15, 0.2) is 60.7 Å². The summed E-state index contributed by atoms with van der Waals surface area (Å²) in [5.41, 5.74) is 0. The smallest absolute Gasteiger partial charge is 0.491 e. The van der Waals surface area contributed by atoms with Gasteiger partial charge in [-0.25, -0.2) is 0 Å². The lowest BCUT2D eigenvalue weighted by Crippen LogP contribution is -2.33. The topological polar surface area (TPSA) is 54.0 Å². The molecule has 6 heteroatoms. The van der Waals surface area contributed by atoms with Gasteiger partial charge in [-0.1, -0.05) is 36.4 Å². The summed E-state index contributed by atoms with van der Waals surface area (Å²) in [5.74, 6) is 1.46. The van der Waals surface area contributed by atoms with E-state index in [4.69, 9.17) is 18.5 Å². The Hall–Kier alpha value is -1.94. The third kappa shape index (κ3) is 4.04. The van der Waals surface area contributed by atoms with Crippen molar-refractivity contribution in [2.75, 3.05) is 13.2 Å². The minimum absolute atomic E-state index is 0.258. The van der Waals surface area contributed by atoms with E-state index in [1.54, 1.807) is 0 Å². The van der Waals surface area contributed by atoms with Crippen molar-refractivity contribution in [3.05, 3.63) is 60.7 Å². The SMILES string of the molecule is O=[P+]1O[C@@H](COc2ccccc2)[C@H](COc2ccccc2)O1. The summed E-state index contributed by atoms with van der Waals surface area (Å²) in [6, 6.07) is 18.8. The summed E-state index contributed by atoms with van der Waals surface area (Å²) >= 11 is 0. The van der Waals surface area contributed by atoms with Crippen LogP contribution in [0, 0.1) is 0 Å². The zero-order chi connectivity index (χ0) is 15.2. The van der Waals surface area contributed by atoms with Crippen LogP contribution < -0.4 is 9.47 Å². The zero-order valence-electron chi connectivity index (χ0n) is 11.8. The molecule has 0 bridgehead atoms. The second-order valence-corrected chi connectivity index (χ2v) is 5.63. The van der Waals surface area contributed by atoms with Crippen LogP contribution in [0.1, 0.15) is 0 Å². The average Bonchev–Trinajstić information content (AvgIpc) is 2.93. The molecule has 0 spiro atoms. The average molecular weight is 319 g/mol. The molecule has 114 valence electrons. The van der Waals surface area contributed by atoms with Crippen LogP contribution in [0.25, 0.3) is 0 Å². The van der Waals surface area contributed by atoms with Crippen molar-refractivity contribution < 1.29 is 23.1 Å². The van der Waals surface area contributed by atoms with Crippen molar-refractivity contribution in [2.45, 2.75) is 12.2 Å². The van der Waals surface area contributed by atoms with E-state index >= 15 is 0 Å². The zero-order valence-corrected chi connectivity index (χ0v) is 12.7. The summed E-state index contributed by atoms with van der Waals surface area (Å²) in [6.45, 7) is 0.516. The molecule has 5 nitrogen and oxygen atoms in total. The summed E-state index contributed by atoms with van der Waals surface area (Å²) in [5, 5.41) is 0. The van der Waals surface area contributed by atoms with Gasteiger partial charge in [0.15, 0.2) is 12.2 Å². The maximum absolute atomic E-state index is 11.5. The molecule has 0 aromatic heterocycles. The molecule has 0 unspecified atom stereocenters. The van der Waals surface area contributed by atoms with E-state index in [0.717, 1.165) is 11.5 Å². The predicted molar refractivity (Wildman–Crippen MR) is 81.2 cm³/mol. The number of ether oxygens (including phenoxy) is 2. The van der Waals surface area contributed by atoms with Gasteiger partial charge in [-0.05, 0) is 24.3 Å². The number of rotatable bonds is 6. The minimum Gasteiger partial charge on any atom is -0.491 e. The normalized spacial score (nSPS) is 20.8. The van der Waals surface area contributed by atoms with E-state index in [2.05, 4.69) is 0 Å². The first-order valence-electron chi connectivity index (χ1n) is 6.98. The first kappa shape index (κ1) is 15.0. The van der Waals surface area contributed by atoms with Crippen LogP contribution in [0.2, 0.25) is 0 Å². The number of para-hydroxylation sites is 2. The van der Waals surface area contributed by atoms with Gasteiger partial charge in [0.2, 0.25) is 0 Å². The Morgan fingerprint density at radius 2 is 1.18 bits per heavy atom. The van der Waals surface area contributed by atoms with Gasteiger partial charge < -0.3 is 9.47 Å². The van der Waals surface area contributed by atoms with E-state index in [0.29, 0.717) is 0 Å². The molecule has 0 aliphatic carbocycles. The molecule has 0 N–H and O–H groups in total. The number of hydrogen-bond donors (Lipinski definition) is 0. The fourth-order valence-corrected chi connectivity index (χ4v) is 2.93. The fourth-order valence-electron chi connectivity index (χ4n) is 2.05. The van der Waals surface area contributed by atoms with Crippen molar-refractivity contribution in [2.24, 2.45) is 0 Å². The second-order valence-electron chi connectivity index (χ2n) is 4.76. The first-order valence-corrected chi connectivity index (χ1v) is 8.07. The van der Waals surface area contributed by atoms with E-state index in [-0.39, 0.29) is 13.2 Å². The van der Waals surface area contributed by atoms with Gasteiger partial charge in [-0.3, -0.25) is 0 Å². The molecule has 0 saturated carbocycles. The third-order valence-corrected chi connectivity index (χ3v) is 4.06. The Morgan fingerprint density at radius 3 is 1.59 bits per heavy atom. The molecular weight excluding hydrogens is 303 g/mol. The van der Waals surface area contributed by atoms with Crippen LogP contribution in [0.3, 0.4) is 0 Å². The number of benzene rings is 2. The van der Waals surface area contributed by atoms with Gasteiger partial charge >= 0.3 is 8.25 Å². The molecule has 1 saturated heterocycles. The van der Waals surface area contributed by atoms with E-state index < -0.39 is 20.5 Å². The molecule has 2 aromatic carbocycles. The summed E-state index contributed by atoms with van der Waals surface area (Å²) < 4.78 is 33.3. The van der Waals surface area contributed by atoms with Gasteiger partial charge in [0, 0.05) is 4.57 Å². The standard InChI is InChI=1S/C16H16O5P/c17-22-20-15(11-18-13-7-3-1-4-8-13)16(21-22)12-19-14-9-5-2-6-10-14/h1-10,15-16H,11-12H2/q+1/t15-,16-/m0/s1. The molecule has 2 atom stereocenters. The van der Waals surface area contributed by atoms with Crippen LogP contribution in [0.5, 0.6) is 11.5 Å². The molecule has 1 aliphatic heterocycles. The van der Waals surface area contributed by atoms with Crippen LogP contribution in [-0.2, 0) is 13.6 Å². The third-order valence-electron chi connectivity index (χ3n) is 3.17. The Morgan fingerprint density at radius 1 is 0.773 bits per heavy atom. The molecule has 0 amide bonds. The van der Waals surface area contributed by atoms with E-state index in [1.807, 2.05) is 60.7 Å². The van der Waals surface area contributed by atoms with Crippen molar-refractivity contribution in [3.63, 3.8) is 0 Å². The molecule has 22 heavy (non-hydrogen) atoms. The van der Waals surface area contributed by atoms with Crippen LogP contribution in [-0.4, -0.2) is 25.4 Å². The van der Waals surface area contributed by atoms with Gasteiger partial charge in [-0.2, -0.15) is 0 Å². The lowest BCUT2D eigenvalue weighted by atomic mass is 10.2. The highest BCUT2D eigenvalue weighted by Crippen LogP contribution is 2.38. The lowest BCUT2D eigenvalue weighted by molar-refractivity contribution is 0.0670. The predicted octanol–water partition coefficient (Wildman–Crippen LogP) is 3.59. The van der Waals surface area contributed by atoms with Crippen LogP contribution in [0.4, 0.5) is 0 Å². The highest BCUT2D eigenvalue weighted by molar-refractivity contribution is 7.33. The Bertz CT molecular complexity index is 551. The van der Waals surface area contributed by atoms with E-state index in [1.165, 1.54) is 0 Å². The fraction of sp³-hybridized carbons (Fsp3) is 0.250. The van der Waals surface area contributed by atoms with Gasteiger partial charge in [0.25, 0.3) is 0 Å². The molecule has 1 heterocycles. The summed E-state index contributed by atoms with van der Waals surface area (Å²) in [7, 11) is -2.11.